The summed E-state index contributed by atoms with van der Waals surface area (Å²) >= 11 is 1.41. The SMILES string of the molecule is CSc1ccc(NC(=O)c2c(F)c(F)cc(F)c2F)nc1. The molecule has 0 bridgehead atoms. The largest absolute Gasteiger partial charge is 0.306 e. The number of carbonyl (C=O) groups is 1. The minimum atomic E-state index is -1.76. The van der Waals surface area contributed by atoms with Crippen molar-refractivity contribution in [2.75, 3.05) is 11.6 Å². The van der Waals surface area contributed by atoms with Gasteiger partial charge in [-0.3, -0.25) is 4.79 Å². The molecular formula is C13H8F4N2OS. The van der Waals surface area contributed by atoms with Crippen LogP contribution < -0.4 is 5.32 Å². The molecule has 2 aromatic rings. The third kappa shape index (κ3) is 3.15. The molecule has 1 heterocycles. The molecule has 1 aromatic carbocycles. The maximum Gasteiger partial charge on any atom is 0.263 e. The Morgan fingerprint density at radius 2 is 1.76 bits per heavy atom. The molecule has 0 aliphatic carbocycles. The summed E-state index contributed by atoms with van der Waals surface area (Å²) in [5, 5.41) is 2.07. The lowest BCUT2D eigenvalue weighted by Crippen LogP contribution is -2.18. The van der Waals surface area contributed by atoms with Gasteiger partial charge in [-0.15, -0.1) is 11.8 Å². The molecule has 110 valence electrons. The molecule has 0 atom stereocenters. The summed E-state index contributed by atoms with van der Waals surface area (Å²) < 4.78 is 53.0. The highest BCUT2D eigenvalue weighted by molar-refractivity contribution is 7.98. The molecule has 8 heteroatoms. The van der Waals surface area contributed by atoms with Gasteiger partial charge in [0.05, 0.1) is 0 Å². The van der Waals surface area contributed by atoms with E-state index in [0.717, 1.165) is 4.90 Å². The van der Waals surface area contributed by atoms with Crippen LogP contribution in [0.15, 0.2) is 29.3 Å². The van der Waals surface area contributed by atoms with Crippen LogP contribution in [0.5, 0.6) is 0 Å². The molecule has 1 N–H and O–H groups in total. The van der Waals surface area contributed by atoms with Gasteiger partial charge < -0.3 is 5.32 Å². The van der Waals surface area contributed by atoms with E-state index in [2.05, 4.69) is 10.3 Å². The first-order valence-corrected chi connectivity index (χ1v) is 6.81. The average Bonchev–Trinajstić information content (AvgIpc) is 2.46. The van der Waals surface area contributed by atoms with E-state index in [1.54, 1.807) is 6.07 Å². The van der Waals surface area contributed by atoms with Gasteiger partial charge in [0, 0.05) is 17.2 Å². The summed E-state index contributed by atoms with van der Waals surface area (Å²) in [5.74, 6) is -8.14. The van der Waals surface area contributed by atoms with Crippen LogP contribution in [0, 0.1) is 23.3 Å². The van der Waals surface area contributed by atoms with Crippen molar-refractivity contribution in [2.45, 2.75) is 4.90 Å². The van der Waals surface area contributed by atoms with E-state index in [1.807, 2.05) is 6.26 Å². The van der Waals surface area contributed by atoms with E-state index in [-0.39, 0.29) is 11.9 Å². The molecule has 0 radical (unpaired) electrons. The minimum Gasteiger partial charge on any atom is -0.306 e. The van der Waals surface area contributed by atoms with Gasteiger partial charge in [-0.1, -0.05) is 0 Å². The first kappa shape index (κ1) is 15.3. The molecule has 1 amide bonds. The van der Waals surface area contributed by atoms with Crippen LogP contribution in [-0.4, -0.2) is 17.1 Å². The summed E-state index contributed by atoms with van der Waals surface area (Å²) in [5.41, 5.74) is -1.33. The number of amides is 1. The molecule has 0 saturated heterocycles. The zero-order chi connectivity index (χ0) is 15.6. The van der Waals surface area contributed by atoms with Crippen LogP contribution in [0.4, 0.5) is 23.4 Å². The van der Waals surface area contributed by atoms with Crippen LogP contribution in [0.3, 0.4) is 0 Å². The van der Waals surface area contributed by atoms with Crippen molar-refractivity contribution in [1.82, 2.24) is 4.98 Å². The van der Waals surface area contributed by atoms with E-state index < -0.39 is 34.7 Å². The van der Waals surface area contributed by atoms with E-state index in [9.17, 15) is 22.4 Å². The number of aromatic nitrogens is 1. The summed E-state index contributed by atoms with van der Waals surface area (Å²) in [6, 6.07) is 3.05. The third-order valence-electron chi connectivity index (χ3n) is 2.55. The summed E-state index contributed by atoms with van der Waals surface area (Å²) in [7, 11) is 0. The number of nitrogens with zero attached hydrogens (tertiary/aromatic N) is 1. The highest BCUT2D eigenvalue weighted by Crippen LogP contribution is 2.21. The monoisotopic (exact) mass is 316 g/mol. The zero-order valence-electron chi connectivity index (χ0n) is 10.6. The molecule has 21 heavy (non-hydrogen) atoms. The fraction of sp³-hybridized carbons (Fsp3) is 0.0769. The number of rotatable bonds is 3. The Labute approximate surface area is 121 Å². The lowest BCUT2D eigenvalue weighted by molar-refractivity contribution is 0.101. The van der Waals surface area contributed by atoms with Crippen molar-refractivity contribution in [1.29, 1.82) is 0 Å². The maximum atomic E-state index is 13.4. The standard InChI is InChI=1S/C13H8F4N2OS/c1-21-6-2-3-9(18-5-6)19-13(20)10-11(16)7(14)4-8(15)12(10)17/h2-5H,1H3,(H,18,19,20). The van der Waals surface area contributed by atoms with Crippen molar-refractivity contribution in [3.05, 3.63) is 53.2 Å². The van der Waals surface area contributed by atoms with Crippen LogP contribution in [-0.2, 0) is 0 Å². The Balaban J connectivity index is 2.32. The second-order valence-corrected chi connectivity index (χ2v) is 4.76. The van der Waals surface area contributed by atoms with Crippen molar-refractivity contribution in [2.24, 2.45) is 0 Å². The number of benzene rings is 1. The van der Waals surface area contributed by atoms with Gasteiger partial charge in [-0.25, -0.2) is 22.5 Å². The Kier molecular flexibility index (Phi) is 4.46. The Bertz CT molecular complexity index is 665. The first-order valence-electron chi connectivity index (χ1n) is 5.58. The van der Waals surface area contributed by atoms with Crippen LogP contribution in [0.1, 0.15) is 10.4 Å². The van der Waals surface area contributed by atoms with Gasteiger partial charge in [-0.05, 0) is 18.4 Å². The molecule has 0 aliphatic heterocycles. The van der Waals surface area contributed by atoms with Gasteiger partial charge in [0.15, 0.2) is 23.3 Å². The minimum absolute atomic E-state index is 0.00118. The number of thioether (sulfide) groups is 1. The number of pyridine rings is 1. The first-order chi connectivity index (χ1) is 9.93. The van der Waals surface area contributed by atoms with Crippen LogP contribution in [0.25, 0.3) is 0 Å². The predicted molar refractivity (Wildman–Crippen MR) is 70.2 cm³/mol. The van der Waals surface area contributed by atoms with Gasteiger partial charge in [0.1, 0.15) is 11.4 Å². The average molecular weight is 316 g/mol. The smallest absolute Gasteiger partial charge is 0.263 e. The maximum absolute atomic E-state index is 13.4. The molecule has 3 nitrogen and oxygen atoms in total. The molecule has 0 aliphatic rings. The predicted octanol–water partition coefficient (Wildman–Crippen LogP) is 3.61. The summed E-state index contributed by atoms with van der Waals surface area (Å²) in [6.45, 7) is 0. The fourth-order valence-corrected chi connectivity index (χ4v) is 1.89. The number of halogens is 4. The van der Waals surface area contributed by atoms with E-state index in [0.29, 0.717) is 0 Å². The topological polar surface area (TPSA) is 42.0 Å². The molecule has 0 fully saturated rings. The summed E-state index contributed by atoms with van der Waals surface area (Å²) in [4.78, 5) is 16.4. The van der Waals surface area contributed by atoms with Crippen molar-refractivity contribution < 1.29 is 22.4 Å². The number of hydrogen-bond acceptors (Lipinski definition) is 3. The number of nitrogens with one attached hydrogen (secondary N) is 1. The zero-order valence-corrected chi connectivity index (χ0v) is 11.4. The molecule has 1 aromatic heterocycles. The number of hydrogen-bond donors (Lipinski definition) is 1. The highest BCUT2D eigenvalue weighted by Gasteiger charge is 2.25. The molecule has 0 saturated carbocycles. The van der Waals surface area contributed by atoms with Gasteiger partial charge in [0.2, 0.25) is 0 Å². The Morgan fingerprint density at radius 3 is 2.24 bits per heavy atom. The summed E-state index contributed by atoms with van der Waals surface area (Å²) in [6.07, 6.45) is 3.24. The Morgan fingerprint density at radius 1 is 1.14 bits per heavy atom. The fourth-order valence-electron chi connectivity index (χ4n) is 1.53. The van der Waals surface area contributed by atoms with Crippen molar-refractivity contribution in [3.63, 3.8) is 0 Å². The van der Waals surface area contributed by atoms with Gasteiger partial charge in [0.25, 0.3) is 5.91 Å². The number of carbonyl (C=O) groups excluding carboxylic acids is 1. The normalized spacial score (nSPS) is 10.5. The lowest BCUT2D eigenvalue weighted by atomic mass is 10.1. The van der Waals surface area contributed by atoms with E-state index >= 15 is 0 Å². The van der Waals surface area contributed by atoms with Crippen molar-refractivity contribution in [3.8, 4) is 0 Å². The van der Waals surface area contributed by atoms with Gasteiger partial charge in [-0.2, -0.15) is 0 Å². The quantitative estimate of drug-likeness (QED) is 0.534. The third-order valence-corrected chi connectivity index (χ3v) is 3.27. The molecule has 0 spiro atoms. The van der Waals surface area contributed by atoms with E-state index in [1.165, 1.54) is 24.0 Å². The lowest BCUT2D eigenvalue weighted by Gasteiger charge is -2.08. The van der Waals surface area contributed by atoms with Crippen LogP contribution >= 0.6 is 11.8 Å². The number of anilines is 1. The van der Waals surface area contributed by atoms with Crippen LogP contribution in [0.2, 0.25) is 0 Å². The Hall–Kier alpha value is -2.09. The van der Waals surface area contributed by atoms with Gasteiger partial charge >= 0.3 is 0 Å². The highest BCUT2D eigenvalue weighted by atomic mass is 32.2. The van der Waals surface area contributed by atoms with Crippen molar-refractivity contribution >= 4 is 23.5 Å². The molecular weight excluding hydrogens is 308 g/mol. The van der Waals surface area contributed by atoms with E-state index in [4.69, 9.17) is 0 Å². The molecule has 2 rings (SSSR count). The second-order valence-electron chi connectivity index (χ2n) is 3.88. The second kappa shape index (κ2) is 6.13. The molecule has 0 unspecified atom stereocenters.